The quantitative estimate of drug-likeness (QED) is 0.712. The van der Waals surface area contributed by atoms with Gasteiger partial charge in [-0.2, -0.15) is 0 Å². The maximum atomic E-state index is 4.10. The second-order valence-corrected chi connectivity index (χ2v) is 3.09. The third-order valence-electron chi connectivity index (χ3n) is 2.24. The van der Waals surface area contributed by atoms with Crippen molar-refractivity contribution in [2.75, 3.05) is 12.4 Å². The third-order valence-corrected chi connectivity index (χ3v) is 2.24. The molecule has 1 aromatic carbocycles. The molecule has 1 aromatic heterocycles. The van der Waals surface area contributed by atoms with E-state index in [1.165, 1.54) is 5.56 Å². The van der Waals surface area contributed by atoms with Gasteiger partial charge in [0.05, 0.1) is 11.2 Å². The molecule has 13 heavy (non-hydrogen) atoms. The molecule has 0 aliphatic carbocycles. The van der Waals surface area contributed by atoms with Crippen LogP contribution >= 0.6 is 0 Å². The van der Waals surface area contributed by atoms with Crippen LogP contribution in [0, 0.1) is 6.92 Å². The van der Waals surface area contributed by atoms with Gasteiger partial charge in [0.2, 0.25) is 0 Å². The normalized spacial score (nSPS) is 10.7. The van der Waals surface area contributed by atoms with E-state index in [9.17, 15) is 0 Å². The largest absolute Gasteiger partial charge is 0.386 e. The minimum absolute atomic E-state index is 0.935. The summed E-state index contributed by atoms with van der Waals surface area (Å²) in [6.45, 7) is 2.06. The second kappa shape index (κ2) is 2.73. The standard InChI is InChI=1S/C9H12N4/c1-6-4-5-7-9(8(6)10-2)11-12-13(7)3/h4-5,10H,1-3H3. The molecule has 0 spiro atoms. The Kier molecular flexibility index (Phi) is 1.69. The van der Waals surface area contributed by atoms with E-state index >= 15 is 0 Å². The highest BCUT2D eigenvalue weighted by Crippen LogP contribution is 2.23. The summed E-state index contributed by atoms with van der Waals surface area (Å²) in [5, 5.41) is 11.2. The Bertz CT molecular complexity index is 444. The number of nitrogens with one attached hydrogen (secondary N) is 1. The van der Waals surface area contributed by atoms with Crippen LogP contribution in [0.5, 0.6) is 0 Å². The van der Waals surface area contributed by atoms with Crippen LogP contribution in [0.2, 0.25) is 0 Å². The molecule has 4 nitrogen and oxygen atoms in total. The molecule has 0 fully saturated rings. The molecule has 1 N–H and O–H groups in total. The van der Waals surface area contributed by atoms with Gasteiger partial charge in [0.15, 0.2) is 0 Å². The average Bonchev–Trinajstić information content (AvgIpc) is 2.48. The molecule has 0 aliphatic rings. The molecule has 2 aromatic rings. The van der Waals surface area contributed by atoms with Crippen molar-refractivity contribution in [2.45, 2.75) is 6.92 Å². The second-order valence-electron chi connectivity index (χ2n) is 3.09. The van der Waals surface area contributed by atoms with E-state index in [4.69, 9.17) is 0 Å². The summed E-state index contributed by atoms with van der Waals surface area (Å²) in [6.07, 6.45) is 0. The van der Waals surface area contributed by atoms with Gasteiger partial charge in [-0.25, -0.2) is 4.68 Å². The maximum Gasteiger partial charge on any atom is 0.136 e. The van der Waals surface area contributed by atoms with E-state index in [0.717, 1.165) is 16.7 Å². The first-order valence-corrected chi connectivity index (χ1v) is 4.21. The molecule has 0 aliphatic heterocycles. The Balaban J connectivity index is 2.85. The predicted molar refractivity (Wildman–Crippen MR) is 52.8 cm³/mol. The molecule has 0 saturated heterocycles. The molecule has 1 heterocycles. The van der Waals surface area contributed by atoms with E-state index in [1.807, 2.05) is 20.2 Å². The van der Waals surface area contributed by atoms with Crippen molar-refractivity contribution in [3.63, 3.8) is 0 Å². The van der Waals surface area contributed by atoms with Gasteiger partial charge < -0.3 is 5.32 Å². The number of anilines is 1. The summed E-state index contributed by atoms with van der Waals surface area (Å²) in [7, 11) is 3.79. The zero-order valence-corrected chi connectivity index (χ0v) is 8.00. The van der Waals surface area contributed by atoms with Crippen LogP contribution in [0.1, 0.15) is 5.56 Å². The summed E-state index contributed by atoms with van der Waals surface area (Å²) >= 11 is 0. The maximum absolute atomic E-state index is 4.10. The smallest absolute Gasteiger partial charge is 0.136 e. The average molecular weight is 176 g/mol. The van der Waals surface area contributed by atoms with Gasteiger partial charge in [-0.3, -0.25) is 0 Å². The lowest BCUT2D eigenvalue weighted by atomic mass is 10.1. The zero-order valence-electron chi connectivity index (χ0n) is 8.00. The molecule has 0 atom stereocenters. The Labute approximate surface area is 76.6 Å². The number of aromatic nitrogens is 3. The molecular formula is C9H12N4. The Hall–Kier alpha value is -1.58. The first kappa shape index (κ1) is 8.04. The van der Waals surface area contributed by atoms with E-state index < -0.39 is 0 Å². The van der Waals surface area contributed by atoms with Crippen molar-refractivity contribution in [3.05, 3.63) is 17.7 Å². The lowest BCUT2D eigenvalue weighted by Crippen LogP contribution is -1.93. The van der Waals surface area contributed by atoms with Crippen LogP contribution in [0.15, 0.2) is 12.1 Å². The molecule has 0 saturated carbocycles. The van der Waals surface area contributed by atoms with E-state index in [1.54, 1.807) is 4.68 Å². The number of fused-ring (bicyclic) bond motifs is 1. The van der Waals surface area contributed by atoms with Gasteiger partial charge >= 0.3 is 0 Å². The predicted octanol–water partition coefficient (Wildman–Crippen LogP) is 1.32. The van der Waals surface area contributed by atoms with Crippen molar-refractivity contribution in [3.8, 4) is 0 Å². The van der Waals surface area contributed by atoms with Crippen molar-refractivity contribution < 1.29 is 0 Å². The summed E-state index contributed by atoms with van der Waals surface area (Å²) in [5.41, 5.74) is 4.24. The monoisotopic (exact) mass is 176 g/mol. The highest BCUT2D eigenvalue weighted by atomic mass is 15.4. The highest BCUT2D eigenvalue weighted by Gasteiger charge is 2.07. The van der Waals surface area contributed by atoms with Crippen LogP contribution in [0.4, 0.5) is 5.69 Å². The molecule has 68 valence electrons. The Morgan fingerprint density at radius 3 is 2.85 bits per heavy atom. The van der Waals surface area contributed by atoms with Crippen LogP contribution in [0.25, 0.3) is 11.0 Å². The molecule has 0 amide bonds. The van der Waals surface area contributed by atoms with Crippen molar-refractivity contribution in [1.29, 1.82) is 0 Å². The van der Waals surface area contributed by atoms with Gasteiger partial charge in [0.25, 0.3) is 0 Å². The minimum Gasteiger partial charge on any atom is -0.386 e. The summed E-state index contributed by atoms with van der Waals surface area (Å²) < 4.78 is 1.77. The fourth-order valence-electron chi connectivity index (χ4n) is 1.52. The van der Waals surface area contributed by atoms with E-state index in [2.05, 4.69) is 28.6 Å². The molecule has 0 bridgehead atoms. The van der Waals surface area contributed by atoms with Crippen LogP contribution < -0.4 is 5.32 Å². The summed E-state index contributed by atoms with van der Waals surface area (Å²) in [5.74, 6) is 0. The van der Waals surface area contributed by atoms with Crippen molar-refractivity contribution in [2.24, 2.45) is 7.05 Å². The molecule has 4 heteroatoms. The van der Waals surface area contributed by atoms with Crippen molar-refractivity contribution >= 4 is 16.7 Å². The van der Waals surface area contributed by atoms with Gasteiger partial charge in [-0.15, -0.1) is 5.10 Å². The third kappa shape index (κ3) is 1.06. The van der Waals surface area contributed by atoms with Gasteiger partial charge in [0.1, 0.15) is 5.52 Å². The molecule has 2 rings (SSSR count). The number of rotatable bonds is 1. The minimum atomic E-state index is 0.935. The number of aryl methyl sites for hydroxylation is 2. The number of benzene rings is 1. The number of hydrogen-bond acceptors (Lipinski definition) is 3. The molecule has 0 radical (unpaired) electrons. The van der Waals surface area contributed by atoms with Crippen molar-refractivity contribution in [1.82, 2.24) is 15.0 Å². The van der Waals surface area contributed by atoms with E-state index in [-0.39, 0.29) is 0 Å². The lowest BCUT2D eigenvalue weighted by molar-refractivity contribution is 0.736. The van der Waals surface area contributed by atoms with Crippen LogP contribution in [0.3, 0.4) is 0 Å². The first-order valence-electron chi connectivity index (χ1n) is 4.21. The molecule has 0 unspecified atom stereocenters. The molecular weight excluding hydrogens is 164 g/mol. The van der Waals surface area contributed by atoms with Gasteiger partial charge in [-0.05, 0) is 18.6 Å². The topological polar surface area (TPSA) is 42.7 Å². The summed E-state index contributed by atoms with van der Waals surface area (Å²) in [6, 6.07) is 4.10. The highest BCUT2D eigenvalue weighted by molar-refractivity contribution is 5.89. The fraction of sp³-hybridized carbons (Fsp3) is 0.333. The van der Waals surface area contributed by atoms with Gasteiger partial charge in [-0.1, -0.05) is 11.3 Å². The zero-order chi connectivity index (χ0) is 9.42. The Morgan fingerprint density at radius 2 is 2.15 bits per heavy atom. The van der Waals surface area contributed by atoms with Crippen LogP contribution in [-0.2, 0) is 7.05 Å². The summed E-state index contributed by atoms with van der Waals surface area (Å²) in [4.78, 5) is 0. The lowest BCUT2D eigenvalue weighted by Gasteiger charge is -2.04. The van der Waals surface area contributed by atoms with Gasteiger partial charge in [0, 0.05) is 14.1 Å². The fourth-order valence-corrected chi connectivity index (χ4v) is 1.52. The number of hydrogen-bond donors (Lipinski definition) is 1. The van der Waals surface area contributed by atoms with E-state index in [0.29, 0.717) is 0 Å². The number of nitrogens with zero attached hydrogens (tertiary/aromatic N) is 3. The Morgan fingerprint density at radius 1 is 1.38 bits per heavy atom. The van der Waals surface area contributed by atoms with Crippen LogP contribution in [-0.4, -0.2) is 22.0 Å². The first-order chi connectivity index (χ1) is 6.24. The SMILES string of the molecule is CNc1c(C)ccc2c1nnn2C.